The second kappa shape index (κ2) is 50.6. The van der Waals surface area contributed by atoms with Gasteiger partial charge in [-0.05, 0) is 70.6 Å². The molecule has 0 aliphatic heterocycles. The molecular weight excluding hydrogens is 876 g/mol. The van der Waals surface area contributed by atoms with Crippen LogP contribution in [-0.4, -0.2) is 68.5 Å². The number of carbonyl (C=O) groups excluding carboxylic acids is 1. The minimum atomic E-state index is -4.58. The van der Waals surface area contributed by atoms with E-state index < -0.39 is 20.0 Å². The summed E-state index contributed by atoms with van der Waals surface area (Å²) in [5.41, 5.74) is 0. The molecule has 0 fully saturated rings. The molecule has 8 nitrogen and oxygen atoms in total. The van der Waals surface area contributed by atoms with Crippen LogP contribution in [0, 0.1) is 0 Å². The van der Waals surface area contributed by atoms with Gasteiger partial charge in [0.05, 0.1) is 39.9 Å². The van der Waals surface area contributed by atoms with Crippen molar-refractivity contribution < 1.29 is 32.9 Å². The zero-order chi connectivity index (χ0) is 50.6. The summed E-state index contributed by atoms with van der Waals surface area (Å²) in [5.74, 6) is -0.202. The number of rotatable bonds is 51. The van der Waals surface area contributed by atoms with Crippen LogP contribution in [-0.2, 0) is 18.4 Å². The van der Waals surface area contributed by atoms with E-state index in [0.717, 1.165) is 83.5 Å². The fraction of sp³-hybridized carbons (Fsp3) is 0.750. The number of hydrogen-bond donors (Lipinski definition) is 2. The number of aliphatic hydroxyl groups excluding tert-OH is 1. The van der Waals surface area contributed by atoms with Crippen LogP contribution in [0.25, 0.3) is 0 Å². The summed E-state index contributed by atoms with van der Waals surface area (Å²) in [6.45, 7) is 4.44. The van der Waals surface area contributed by atoms with Crippen LogP contribution in [0.2, 0.25) is 0 Å². The van der Waals surface area contributed by atoms with Gasteiger partial charge in [0.15, 0.2) is 0 Å². The van der Waals surface area contributed by atoms with E-state index in [2.05, 4.69) is 92.1 Å². The van der Waals surface area contributed by atoms with Gasteiger partial charge >= 0.3 is 0 Å². The van der Waals surface area contributed by atoms with E-state index >= 15 is 0 Å². The molecule has 9 heteroatoms. The quantitative estimate of drug-likeness (QED) is 0.0272. The van der Waals surface area contributed by atoms with Gasteiger partial charge in [-0.25, -0.2) is 0 Å². The number of carbonyl (C=O) groups is 1. The Balaban J connectivity index is 3.75. The van der Waals surface area contributed by atoms with E-state index in [1.165, 1.54) is 135 Å². The molecule has 0 saturated heterocycles. The molecule has 0 bridgehead atoms. The Bertz CT molecular complexity index is 1400. The number of hydrogen-bond acceptors (Lipinski definition) is 6. The standard InChI is InChI=1S/C60H109N2O6P/c1-6-8-10-12-14-15-16-17-18-19-20-21-22-23-24-25-26-27-28-29-30-31-32-33-34-35-36-37-38-39-40-41-42-43-44-45-46-47-48-50-52-54-60(64)61-58(59(63)53-51-49-13-11-9-7-2)57-68-69(65,66)67-56-55-62(3,4)5/h8,10,14-15,17-18,20-21,23-24,26-27,51,53,58-59,63H,6-7,9,11-13,16,19,22,25,28-50,52,54-57H2,1-5H3,(H-,61,64,65,66)/b10-8-,15-14-,18-17-,21-20-,24-23-,27-26-,53-51+. The Morgan fingerprint density at radius 3 is 1.29 bits per heavy atom. The number of likely N-dealkylation sites (N-methyl/N-ethyl adjacent to an activating group) is 1. The molecule has 400 valence electrons. The molecule has 0 saturated carbocycles. The third kappa shape index (κ3) is 53.3. The highest BCUT2D eigenvalue weighted by Crippen LogP contribution is 2.38. The van der Waals surface area contributed by atoms with Crippen molar-refractivity contribution in [2.45, 2.75) is 251 Å². The molecule has 0 radical (unpaired) electrons. The number of amides is 1. The highest BCUT2D eigenvalue weighted by atomic mass is 31.2. The van der Waals surface area contributed by atoms with Crippen LogP contribution in [0.5, 0.6) is 0 Å². The number of quaternary nitrogens is 1. The van der Waals surface area contributed by atoms with E-state index in [4.69, 9.17) is 9.05 Å². The molecule has 3 unspecified atom stereocenters. The van der Waals surface area contributed by atoms with Crippen molar-refractivity contribution in [1.29, 1.82) is 0 Å². The molecule has 0 aromatic rings. The summed E-state index contributed by atoms with van der Waals surface area (Å²) >= 11 is 0. The lowest BCUT2D eigenvalue weighted by Crippen LogP contribution is -2.45. The lowest BCUT2D eigenvalue weighted by atomic mass is 10.0. The van der Waals surface area contributed by atoms with E-state index in [1.54, 1.807) is 6.08 Å². The molecule has 69 heavy (non-hydrogen) atoms. The summed E-state index contributed by atoms with van der Waals surface area (Å²) in [6, 6.07) is -0.883. The summed E-state index contributed by atoms with van der Waals surface area (Å²) in [6.07, 6.45) is 71.6. The normalized spacial score (nSPS) is 14.6. The third-order valence-electron chi connectivity index (χ3n) is 12.4. The first-order chi connectivity index (χ1) is 33.5. The Hall–Kier alpha value is -2.32. The summed E-state index contributed by atoms with van der Waals surface area (Å²) in [7, 11) is 1.26. The SMILES string of the molecule is CC/C=C\C/C=C\C/C=C\C/C=C\C/C=C\C/C=C\CCCCCCCCCCCCCCCCCCCCCCCCC(=O)NC(COP(=O)([O-])OCC[N+](C)(C)C)C(O)/C=C/CCCCCC. The number of nitrogens with one attached hydrogen (secondary N) is 1. The molecule has 0 aliphatic carbocycles. The zero-order valence-electron chi connectivity index (χ0n) is 45.5. The maximum atomic E-state index is 12.8. The highest BCUT2D eigenvalue weighted by molar-refractivity contribution is 7.45. The number of unbranched alkanes of at least 4 members (excludes halogenated alkanes) is 26. The van der Waals surface area contributed by atoms with Crippen LogP contribution in [0.4, 0.5) is 0 Å². The minimum Gasteiger partial charge on any atom is -0.756 e. The maximum absolute atomic E-state index is 12.8. The van der Waals surface area contributed by atoms with Gasteiger partial charge in [0.2, 0.25) is 5.91 Å². The Morgan fingerprint density at radius 1 is 0.522 bits per heavy atom. The zero-order valence-corrected chi connectivity index (χ0v) is 46.4. The Labute approximate surface area is 426 Å². The van der Waals surface area contributed by atoms with Crippen molar-refractivity contribution in [3.05, 3.63) is 85.1 Å². The first-order valence-corrected chi connectivity index (χ1v) is 29.9. The van der Waals surface area contributed by atoms with E-state index in [-0.39, 0.29) is 19.1 Å². The average molecular weight is 986 g/mol. The maximum Gasteiger partial charge on any atom is 0.268 e. The lowest BCUT2D eigenvalue weighted by Gasteiger charge is -2.29. The highest BCUT2D eigenvalue weighted by Gasteiger charge is 2.23. The number of nitrogens with zero attached hydrogens (tertiary/aromatic N) is 1. The minimum absolute atomic E-state index is 0.00243. The van der Waals surface area contributed by atoms with Crippen LogP contribution in [0.3, 0.4) is 0 Å². The number of aliphatic hydroxyl groups is 1. The lowest BCUT2D eigenvalue weighted by molar-refractivity contribution is -0.870. The average Bonchev–Trinajstić information content (AvgIpc) is 3.31. The van der Waals surface area contributed by atoms with E-state index in [0.29, 0.717) is 17.4 Å². The summed E-state index contributed by atoms with van der Waals surface area (Å²) < 4.78 is 23.1. The molecular formula is C60H109N2O6P. The Morgan fingerprint density at radius 2 is 0.884 bits per heavy atom. The molecule has 0 aromatic heterocycles. The fourth-order valence-electron chi connectivity index (χ4n) is 7.92. The second-order valence-corrected chi connectivity index (χ2v) is 21.7. The summed E-state index contributed by atoms with van der Waals surface area (Å²) in [4.78, 5) is 25.2. The van der Waals surface area contributed by atoms with Gasteiger partial charge in [0.25, 0.3) is 7.82 Å². The molecule has 0 heterocycles. The molecule has 1 amide bonds. The first-order valence-electron chi connectivity index (χ1n) is 28.4. The van der Waals surface area contributed by atoms with Gasteiger partial charge < -0.3 is 28.8 Å². The van der Waals surface area contributed by atoms with Crippen LogP contribution in [0.1, 0.15) is 239 Å². The molecule has 0 rings (SSSR count). The van der Waals surface area contributed by atoms with Gasteiger partial charge in [-0.3, -0.25) is 9.36 Å². The molecule has 0 spiro atoms. The third-order valence-corrected chi connectivity index (χ3v) is 13.3. The second-order valence-electron chi connectivity index (χ2n) is 20.3. The smallest absolute Gasteiger partial charge is 0.268 e. The van der Waals surface area contributed by atoms with Crippen molar-refractivity contribution >= 4 is 13.7 Å². The number of phosphoric ester groups is 1. The molecule has 0 aliphatic rings. The molecule has 2 N–H and O–H groups in total. The first kappa shape index (κ1) is 66.7. The van der Waals surface area contributed by atoms with Crippen molar-refractivity contribution in [3.8, 4) is 0 Å². The van der Waals surface area contributed by atoms with Crippen LogP contribution >= 0.6 is 7.82 Å². The Kier molecular flexibility index (Phi) is 48.9. The van der Waals surface area contributed by atoms with Crippen molar-refractivity contribution in [2.24, 2.45) is 0 Å². The summed E-state index contributed by atoms with van der Waals surface area (Å²) in [5, 5.41) is 13.7. The van der Waals surface area contributed by atoms with Gasteiger partial charge in [-0.2, -0.15) is 0 Å². The fourth-order valence-corrected chi connectivity index (χ4v) is 8.64. The molecule has 3 atom stereocenters. The van der Waals surface area contributed by atoms with Gasteiger partial charge in [-0.15, -0.1) is 0 Å². The topological polar surface area (TPSA) is 108 Å². The van der Waals surface area contributed by atoms with E-state index in [9.17, 15) is 19.4 Å². The largest absolute Gasteiger partial charge is 0.756 e. The van der Waals surface area contributed by atoms with Crippen LogP contribution in [0.15, 0.2) is 85.1 Å². The van der Waals surface area contributed by atoms with E-state index in [1.807, 2.05) is 27.2 Å². The van der Waals surface area contributed by atoms with Crippen molar-refractivity contribution in [2.75, 3.05) is 40.9 Å². The van der Waals surface area contributed by atoms with Crippen molar-refractivity contribution in [1.82, 2.24) is 5.32 Å². The predicted molar refractivity (Wildman–Crippen MR) is 297 cm³/mol. The monoisotopic (exact) mass is 985 g/mol. The number of phosphoric acid groups is 1. The predicted octanol–water partition coefficient (Wildman–Crippen LogP) is 16.6. The molecule has 0 aromatic carbocycles. The van der Waals surface area contributed by atoms with Gasteiger partial charge in [0, 0.05) is 6.42 Å². The number of allylic oxidation sites excluding steroid dienone is 13. The van der Waals surface area contributed by atoms with Gasteiger partial charge in [0.1, 0.15) is 13.2 Å². The van der Waals surface area contributed by atoms with Gasteiger partial charge in [-0.1, -0.05) is 247 Å². The van der Waals surface area contributed by atoms with Crippen molar-refractivity contribution in [3.63, 3.8) is 0 Å². The van der Waals surface area contributed by atoms with Crippen LogP contribution < -0.4 is 10.2 Å².